The molecule has 0 N–H and O–H groups in total. The third-order valence-electron chi connectivity index (χ3n) is 8.38. The Morgan fingerprint density at radius 1 is 0.500 bits per heavy atom. The average Bonchev–Trinajstić information content (AvgIpc) is 2.92. The minimum atomic E-state index is -4.11. The molecule has 0 saturated heterocycles. The summed E-state index contributed by atoms with van der Waals surface area (Å²) in [5.41, 5.74) is 7.49. The van der Waals surface area contributed by atoms with Crippen LogP contribution in [0.25, 0.3) is 0 Å². The van der Waals surface area contributed by atoms with Gasteiger partial charge in [0.05, 0.1) is 0 Å². The Balaban J connectivity index is 1.96. The summed E-state index contributed by atoms with van der Waals surface area (Å²) in [5.74, 6) is 0. The molecule has 0 radical (unpaired) electrons. The minimum absolute atomic E-state index is 0.439. The summed E-state index contributed by atoms with van der Waals surface area (Å²) in [4.78, 5) is 0. The molecular formula is C36H36BF2Si-. The standard InChI is InChI=1S/C36H36BF2Si/c1-25-21-27(3)35(28(4)22-25)37(38,36-29(5)23-26(2)24-30(36)6)33-19-13-14-20-34(33)40(39,31-15-9-7-10-16-31)32-17-11-8-12-18-32/h7-24H,1-6H3/q-1. The summed E-state index contributed by atoms with van der Waals surface area (Å²) in [5, 5.41) is 1.69. The van der Waals surface area contributed by atoms with Gasteiger partial charge in [0.1, 0.15) is 0 Å². The van der Waals surface area contributed by atoms with Crippen molar-refractivity contribution in [1.82, 2.24) is 0 Å². The van der Waals surface area contributed by atoms with Gasteiger partial charge in [0, 0.05) is 0 Å². The molecule has 0 atom stereocenters. The maximum Gasteiger partial charge on any atom is 0.336 e. The monoisotopic (exact) mass is 545 g/mol. The first-order valence-corrected chi connectivity index (χ1v) is 15.9. The summed E-state index contributed by atoms with van der Waals surface area (Å²) >= 11 is 0. The van der Waals surface area contributed by atoms with Gasteiger partial charge >= 0.3 is 8.41 Å². The Morgan fingerprint density at radius 2 is 0.850 bits per heavy atom. The van der Waals surface area contributed by atoms with E-state index in [0.717, 1.165) is 33.4 Å². The van der Waals surface area contributed by atoms with Gasteiger partial charge < -0.3 is 4.32 Å². The largest absolute Gasteiger partial charge is 0.498 e. The van der Waals surface area contributed by atoms with E-state index in [2.05, 4.69) is 24.3 Å². The zero-order chi connectivity index (χ0) is 28.7. The van der Waals surface area contributed by atoms with Crippen molar-refractivity contribution in [2.45, 2.75) is 41.5 Å². The van der Waals surface area contributed by atoms with Crippen molar-refractivity contribution >= 4 is 46.8 Å². The van der Waals surface area contributed by atoms with E-state index in [0.29, 0.717) is 31.9 Å². The molecule has 0 fully saturated rings. The van der Waals surface area contributed by atoms with E-state index in [1.165, 1.54) is 0 Å². The third kappa shape index (κ3) is 4.55. The lowest BCUT2D eigenvalue weighted by atomic mass is 9.29. The van der Waals surface area contributed by atoms with Crippen LogP contribution in [-0.4, -0.2) is 14.8 Å². The molecule has 4 heteroatoms. The zero-order valence-corrected chi connectivity index (χ0v) is 25.2. The Kier molecular flexibility index (Phi) is 7.41. The number of halogens is 2. The summed E-state index contributed by atoms with van der Waals surface area (Å²) in [6.07, 6.45) is -3.04. The van der Waals surface area contributed by atoms with Gasteiger partial charge in [0.15, 0.2) is 0 Å². The molecule has 0 aliphatic rings. The fourth-order valence-electron chi connectivity index (χ4n) is 7.06. The molecule has 0 nitrogen and oxygen atoms in total. The van der Waals surface area contributed by atoms with Gasteiger partial charge in [0.2, 0.25) is 6.42 Å². The zero-order valence-electron chi connectivity index (χ0n) is 24.2. The van der Waals surface area contributed by atoms with Gasteiger partial charge in [-0.2, -0.15) is 16.4 Å². The molecule has 0 amide bonds. The Morgan fingerprint density at radius 3 is 1.25 bits per heavy atom. The van der Waals surface area contributed by atoms with E-state index in [9.17, 15) is 0 Å². The van der Waals surface area contributed by atoms with Crippen LogP contribution >= 0.6 is 0 Å². The molecule has 5 aromatic rings. The molecule has 5 rings (SSSR count). The Labute approximate surface area is 238 Å². The van der Waals surface area contributed by atoms with Crippen molar-refractivity contribution in [3.63, 3.8) is 0 Å². The van der Waals surface area contributed by atoms with E-state index in [1.807, 2.05) is 126 Å². The second-order valence-corrected chi connectivity index (χ2v) is 14.4. The molecule has 0 unspecified atom stereocenters. The van der Waals surface area contributed by atoms with Crippen molar-refractivity contribution in [3.8, 4) is 0 Å². The van der Waals surface area contributed by atoms with Gasteiger partial charge in [-0.25, -0.2) is 0 Å². The predicted molar refractivity (Wildman–Crippen MR) is 172 cm³/mol. The summed E-state index contributed by atoms with van der Waals surface area (Å²) in [6.45, 7) is 12.0. The van der Waals surface area contributed by atoms with Crippen LogP contribution in [0.15, 0.2) is 109 Å². The van der Waals surface area contributed by atoms with Crippen LogP contribution in [-0.2, 0) is 0 Å². The quantitative estimate of drug-likeness (QED) is 0.152. The summed E-state index contributed by atoms with van der Waals surface area (Å²) in [7, 11) is -4.11. The van der Waals surface area contributed by atoms with E-state index in [4.69, 9.17) is 0 Å². The molecular weight excluding hydrogens is 509 g/mol. The maximum absolute atomic E-state index is 19.0. The molecule has 0 bridgehead atoms. The van der Waals surface area contributed by atoms with Crippen molar-refractivity contribution < 1.29 is 8.42 Å². The maximum atomic E-state index is 19.0. The molecule has 0 aliphatic carbocycles. The molecule has 0 heterocycles. The lowest BCUT2D eigenvalue weighted by Crippen LogP contribution is -2.76. The number of aryl methyl sites for hydroxylation is 6. The Bertz CT molecular complexity index is 1540. The highest BCUT2D eigenvalue weighted by molar-refractivity contribution is 7.15. The van der Waals surface area contributed by atoms with Gasteiger partial charge in [-0.15, -0.1) is 0 Å². The number of hydrogen-bond donors (Lipinski definition) is 0. The van der Waals surface area contributed by atoms with Crippen molar-refractivity contribution in [3.05, 3.63) is 143 Å². The summed E-state index contributed by atoms with van der Waals surface area (Å²) in [6, 6.07) is 34.3. The molecule has 202 valence electrons. The molecule has 0 spiro atoms. The van der Waals surface area contributed by atoms with Crippen LogP contribution in [0.1, 0.15) is 33.4 Å². The second-order valence-electron chi connectivity index (χ2n) is 11.4. The lowest BCUT2D eigenvalue weighted by Gasteiger charge is -2.43. The van der Waals surface area contributed by atoms with Gasteiger partial charge in [-0.05, 0) is 51.9 Å². The second kappa shape index (κ2) is 10.7. The van der Waals surface area contributed by atoms with Crippen molar-refractivity contribution in [1.29, 1.82) is 0 Å². The number of rotatable bonds is 6. The van der Waals surface area contributed by atoms with Crippen LogP contribution in [0.3, 0.4) is 0 Å². The summed E-state index contributed by atoms with van der Waals surface area (Å²) < 4.78 is 37.4. The fraction of sp³-hybridized carbons (Fsp3) is 0.167. The number of benzene rings is 5. The van der Waals surface area contributed by atoms with Crippen molar-refractivity contribution in [2.24, 2.45) is 0 Å². The predicted octanol–water partition coefficient (Wildman–Crippen LogP) is 5.41. The van der Waals surface area contributed by atoms with E-state index in [-0.39, 0.29) is 0 Å². The van der Waals surface area contributed by atoms with Crippen molar-refractivity contribution in [2.75, 3.05) is 0 Å². The van der Waals surface area contributed by atoms with E-state index >= 15 is 8.42 Å². The fourth-order valence-corrected chi connectivity index (χ4v) is 10.3. The SMILES string of the molecule is Cc1cc(C)c([B-](F)(c2ccccc2[Si](F)(c2ccccc2)c2ccccc2)c2c(C)cc(C)cc2C)c(C)c1. The highest BCUT2D eigenvalue weighted by Gasteiger charge is 2.46. The highest BCUT2D eigenvalue weighted by Crippen LogP contribution is 2.21. The Hall–Kier alpha value is -3.76. The topological polar surface area (TPSA) is 0 Å². The van der Waals surface area contributed by atoms with Crippen LogP contribution in [0.2, 0.25) is 0 Å². The smallest absolute Gasteiger partial charge is 0.336 e. The van der Waals surface area contributed by atoms with Crippen LogP contribution in [0.4, 0.5) is 8.42 Å². The van der Waals surface area contributed by atoms with Gasteiger partial charge in [0.25, 0.3) is 0 Å². The van der Waals surface area contributed by atoms with Gasteiger partial charge in [-0.1, -0.05) is 148 Å². The molecule has 0 aliphatic heterocycles. The first-order chi connectivity index (χ1) is 19.1. The van der Waals surface area contributed by atoms with Crippen LogP contribution in [0.5, 0.6) is 0 Å². The highest BCUT2D eigenvalue weighted by atomic mass is 28.4. The van der Waals surface area contributed by atoms with E-state index in [1.54, 1.807) is 0 Å². The first-order valence-electron chi connectivity index (χ1n) is 14.0. The molecule has 0 saturated carbocycles. The molecule has 5 aromatic carbocycles. The molecule has 40 heavy (non-hydrogen) atoms. The normalized spacial score (nSPS) is 12.0. The third-order valence-corrected chi connectivity index (χ3v) is 11.8. The average molecular weight is 546 g/mol. The minimum Gasteiger partial charge on any atom is -0.498 e. The molecule has 0 aromatic heterocycles. The number of hydrogen-bond acceptors (Lipinski definition) is 0. The van der Waals surface area contributed by atoms with E-state index < -0.39 is 14.8 Å². The lowest BCUT2D eigenvalue weighted by molar-refractivity contribution is 0.833. The van der Waals surface area contributed by atoms with Crippen LogP contribution in [0, 0.1) is 41.5 Å². The first kappa shape index (κ1) is 27.8. The van der Waals surface area contributed by atoms with Gasteiger partial charge in [-0.3, -0.25) is 4.11 Å². The van der Waals surface area contributed by atoms with Crippen LogP contribution < -0.4 is 31.9 Å².